The van der Waals surface area contributed by atoms with Crippen molar-refractivity contribution in [2.24, 2.45) is 0 Å². The van der Waals surface area contributed by atoms with Gasteiger partial charge in [-0.2, -0.15) is 0 Å². The number of hydrogen-bond donors (Lipinski definition) is 0. The zero-order valence-corrected chi connectivity index (χ0v) is 11.3. The normalized spacial score (nSPS) is 12.7. The lowest BCUT2D eigenvalue weighted by Gasteiger charge is -2.10. The summed E-state index contributed by atoms with van der Waals surface area (Å²) in [4.78, 5) is 0. The van der Waals surface area contributed by atoms with Crippen LogP contribution in [-0.4, -0.2) is 0 Å². The van der Waals surface area contributed by atoms with Crippen LogP contribution in [0.15, 0.2) is 34.7 Å². The van der Waals surface area contributed by atoms with Crippen molar-refractivity contribution in [3.63, 3.8) is 0 Å². The van der Waals surface area contributed by atoms with Crippen LogP contribution in [0.3, 0.4) is 0 Å². The monoisotopic (exact) mass is 268 g/mol. The number of furan rings is 1. The fraction of sp³-hybridized carbons (Fsp3) is 0.286. The minimum Gasteiger partial charge on any atom is -0.448 e. The average Bonchev–Trinajstić information content (AvgIpc) is 2.70. The molecular formula is C14H14Cl2O. The molecule has 0 bridgehead atoms. The Morgan fingerprint density at radius 2 is 1.94 bits per heavy atom. The molecule has 0 saturated heterocycles. The SMILES string of the molecule is Cc1ccc(C)c(CC(Cl)c2ccc(Cl)o2)c1. The standard InChI is InChI=1S/C14H14Cl2O/c1-9-3-4-10(2)11(7-9)8-12(15)13-5-6-14(16)17-13/h3-7,12H,8H2,1-2H3. The number of rotatable bonds is 3. The molecular weight excluding hydrogens is 255 g/mol. The summed E-state index contributed by atoms with van der Waals surface area (Å²) in [5.41, 5.74) is 3.74. The first kappa shape index (κ1) is 12.5. The number of hydrogen-bond acceptors (Lipinski definition) is 1. The molecule has 0 fully saturated rings. The Balaban J connectivity index is 2.18. The molecule has 0 aliphatic heterocycles. The zero-order valence-electron chi connectivity index (χ0n) is 9.84. The van der Waals surface area contributed by atoms with Gasteiger partial charge in [0.05, 0.1) is 5.38 Å². The lowest BCUT2D eigenvalue weighted by Crippen LogP contribution is -1.97. The molecule has 1 unspecified atom stereocenters. The number of alkyl halides is 1. The molecule has 2 aromatic rings. The molecule has 2 rings (SSSR count). The van der Waals surface area contributed by atoms with E-state index < -0.39 is 0 Å². The van der Waals surface area contributed by atoms with E-state index in [2.05, 4.69) is 32.0 Å². The first-order chi connectivity index (χ1) is 8.06. The molecule has 0 N–H and O–H groups in total. The fourth-order valence-corrected chi connectivity index (χ4v) is 2.25. The number of aryl methyl sites for hydroxylation is 2. The molecule has 3 heteroatoms. The second-order valence-corrected chi connectivity index (χ2v) is 5.14. The maximum absolute atomic E-state index is 6.33. The van der Waals surface area contributed by atoms with Crippen LogP contribution in [0.1, 0.15) is 27.8 Å². The van der Waals surface area contributed by atoms with Crippen LogP contribution < -0.4 is 0 Å². The third-order valence-electron chi connectivity index (χ3n) is 2.81. The lowest BCUT2D eigenvalue weighted by atomic mass is 10.0. The van der Waals surface area contributed by atoms with Crippen LogP contribution in [0.25, 0.3) is 0 Å². The van der Waals surface area contributed by atoms with Crippen LogP contribution in [0.4, 0.5) is 0 Å². The number of halogens is 2. The minimum atomic E-state index is -0.178. The van der Waals surface area contributed by atoms with Gasteiger partial charge in [-0.15, -0.1) is 11.6 Å². The van der Waals surface area contributed by atoms with E-state index in [1.165, 1.54) is 16.7 Å². The second-order valence-electron chi connectivity index (χ2n) is 4.24. The van der Waals surface area contributed by atoms with Crippen LogP contribution in [0.2, 0.25) is 5.22 Å². The van der Waals surface area contributed by atoms with E-state index in [0.717, 1.165) is 12.2 Å². The molecule has 0 radical (unpaired) electrons. The summed E-state index contributed by atoms with van der Waals surface area (Å²) < 4.78 is 5.32. The van der Waals surface area contributed by atoms with Gasteiger partial charge in [0.25, 0.3) is 0 Å². The van der Waals surface area contributed by atoms with Gasteiger partial charge in [0.1, 0.15) is 5.76 Å². The van der Waals surface area contributed by atoms with Gasteiger partial charge >= 0.3 is 0 Å². The highest BCUT2D eigenvalue weighted by Gasteiger charge is 2.14. The zero-order chi connectivity index (χ0) is 12.4. The average molecular weight is 269 g/mol. The molecule has 90 valence electrons. The summed E-state index contributed by atoms with van der Waals surface area (Å²) in [5.74, 6) is 0.720. The van der Waals surface area contributed by atoms with Gasteiger partial charge in [-0.1, -0.05) is 23.8 Å². The van der Waals surface area contributed by atoms with E-state index >= 15 is 0 Å². The summed E-state index contributed by atoms with van der Waals surface area (Å²) in [6.07, 6.45) is 0.749. The van der Waals surface area contributed by atoms with Crippen LogP contribution in [0.5, 0.6) is 0 Å². The van der Waals surface area contributed by atoms with E-state index in [1.807, 2.05) is 6.07 Å². The van der Waals surface area contributed by atoms with E-state index in [4.69, 9.17) is 27.6 Å². The Morgan fingerprint density at radius 1 is 1.18 bits per heavy atom. The molecule has 1 heterocycles. The summed E-state index contributed by atoms with van der Waals surface area (Å²) in [6, 6.07) is 9.92. The van der Waals surface area contributed by atoms with Crippen molar-refractivity contribution in [1.29, 1.82) is 0 Å². The molecule has 1 nitrogen and oxygen atoms in total. The molecule has 1 atom stereocenters. The van der Waals surface area contributed by atoms with Crippen molar-refractivity contribution < 1.29 is 4.42 Å². The van der Waals surface area contributed by atoms with E-state index in [-0.39, 0.29) is 5.38 Å². The number of benzene rings is 1. The Hall–Kier alpha value is -0.920. The quantitative estimate of drug-likeness (QED) is 0.709. The maximum atomic E-state index is 6.33. The van der Waals surface area contributed by atoms with Gasteiger partial charge in [-0.25, -0.2) is 0 Å². The van der Waals surface area contributed by atoms with Crippen molar-refractivity contribution >= 4 is 23.2 Å². The van der Waals surface area contributed by atoms with Crippen molar-refractivity contribution in [3.05, 3.63) is 58.0 Å². The summed E-state index contributed by atoms with van der Waals surface area (Å²) in [7, 11) is 0. The minimum absolute atomic E-state index is 0.178. The van der Waals surface area contributed by atoms with Crippen molar-refractivity contribution in [1.82, 2.24) is 0 Å². The summed E-state index contributed by atoms with van der Waals surface area (Å²) >= 11 is 12.1. The van der Waals surface area contributed by atoms with E-state index in [9.17, 15) is 0 Å². The molecule has 0 amide bonds. The fourth-order valence-electron chi connectivity index (χ4n) is 1.81. The Kier molecular flexibility index (Phi) is 3.80. The van der Waals surface area contributed by atoms with E-state index in [0.29, 0.717) is 5.22 Å². The first-order valence-electron chi connectivity index (χ1n) is 5.51. The highest BCUT2D eigenvalue weighted by molar-refractivity contribution is 6.29. The molecule has 0 saturated carbocycles. The second kappa shape index (κ2) is 5.16. The predicted molar refractivity (Wildman–Crippen MR) is 71.9 cm³/mol. The molecule has 0 aliphatic carbocycles. The van der Waals surface area contributed by atoms with Gasteiger partial charge in [-0.05, 0) is 55.1 Å². The third kappa shape index (κ3) is 3.05. The van der Waals surface area contributed by atoms with Crippen molar-refractivity contribution in [2.45, 2.75) is 25.6 Å². The van der Waals surface area contributed by atoms with Crippen LogP contribution in [-0.2, 0) is 6.42 Å². The van der Waals surface area contributed by atoms with Gasteiger partial charge in [-0.3, -0.25) is 0 Å². The van der Waals surface area contributed by atoms with Gasteiger partial charge in [0.2, 0.25) is 0 Å². The van der Waals surface area contributed by atoms with Gasteiger partial charge in [0, 0.05) is 0 Å². The molecule has 0 aliphatic rings. The van der Waals surface area contributed by atoms with E-state index in [1.54, 1.807) is 6.07 Å². The molecule has 17 heavy (non-hydrogen) atoms. The molecule has 0 spiro atoms. The molecule has 1 aromatic carbocycles. The highest BCUT2D eigenvalue weighted by atomic mass is 35.5. The van der Waals surface area contributed by atoms with Crippen molar-refractivity contribution in [3.8, 4) is 0 Å². The van der Waals surface area contributed by atoms with Gasteiger partial charge in [0.15, 0.2) is 5.22 Å². The predicted octanol–water partition coefficient (Wildman–Crippen LogP) is 5.07. The maximum Gasteiger partial charge on any atom is 0.193 e. The first-order valence-corrected chi connectivity index (χ1v) is 6.33. The Bertz CT molecular complexity index is 517. The lowest BCUT2D eigenvalue weighted by molar-refractivity contribution is 0.504. The largest absolute Gasteiger partial charge is 0.448 e. The third-order valence-corrected chi connectivity index (χ3v) is 3.38. The smallest absolute Gasteiger partial charge is 0.193 e. The van der Waals surface area contributed by atoms with Crippen molar-refractivity contribution in [2.75, 3.05) is 0 Å². The summed E-state index contributed by atoms with van der Waals surface area (Å²) in [6.45, 7) is 4.17. The Morgan fingerprint density at radius 3 is 2.59 bits per heavy atom. The highest BCUT2D eigenvalue weighted by Crippen LogP contribution is 2.29. The van der Waals surface area contributed by atoms with Crippen LogP contribution in [0, 0.1) is 13.8 Å². The Labute approximate surface area is 111 Å². The topological polar surface area (TPSA) is 13.1 Å². The van der Waals surface area contributed by atoms with Crippen LogP contribution >= 0.6 is 23.2 Å². The molecule has 1 aromatic heterocycles. The van der Waals surface area contributed by atoms with Gasteiger partial charge < -0.3 is 4.42 Å². The summed E-state index contributed by atoms with van der Waals surface area (Å²) in [5, 5.41) is 0.203.